The van der Waals surface area contributed by atoms with Crippen LogP contribution < -0.4 is 0 Å². The number of pyridine rings is 1. The number of benzene rings is 1. The van der Waals surface area contributed by atoms with Crippen LogP contribution in [0.4, 0.5) is 5.69 Å². The van der Waals surface area contributed by atoms with Crippen molar-refractivity contribution in [2.24, 2.45) is 0 Å². The Morgan fingerprint density at radius 1 is 1.16 bits per heavy atom. The third-order valence-electron chi connectivity index (χ3n) is 5.74. The number of aromatic nitrogens is 1. The van der Waals surface area contributed by atoms with E-state index in [-0.39, 0.29) is 52.4 Å². The summed E-state index contributed by atoms with van der Waals surface area (Å²) >= 11 is 0. The first kappa shape index (κ1) is 22.4. The van der Waals surface area contributed by atoms with Gasteiger partial charge in [0.1, 0.15) is 5.60 Å². The molecule has 0 atom stereocenters. The Hall–Kier alpha value is -3.33. The van der Waals surface area contributed by atoms with Gasteiger partial charge in [0, 0.05) is 24.7 Å². The van der Waals surface area contributed by atoms with Crippen LogP contribution in [-0.4, -0.2) is 44.3 Å². The predicted molar refractivity (Wildman–Crippen MR) is 111 cm³/mol. The molecule has 31 heavy (non-hydrogen) atoms. The highest BCUT2D eigenvalue weighted by molar-refractivity contribution is 6.07. The molecule has 0 aliphatic heterocycles. The summed E-state index contributed by atoms with van der Waals surface area (Å²) < 4.78 is 5.84. The first-order valence-electron chi connectivity index (χ1n) is 10.0. The Labute approximate surface area is 178 Å². The van der Waals surface area contributed by atoms with E-state index in [1.807, 2.05) is 0 Å². The number of aromatic carboxylic acids is 1. The Kier molecular flexibility index (Phi) is 6.35. The number of carboxylic acid groups (broad SMARTS) is 1. The van der Waals surface area contributed by atoms with Crippen LogP contribution in [0.15, 0.2) is 24.3 Å². The number of hydrogen-bond acceptors (Lipinski definition) is 7. The van der Waals surface area contributed by atoms with E-state index >= 15 is 0 Å². The number of nitro benzene ring substituents is 1. The second-order valence-corrected chi connectivity index (χ2v) is 7.74. The summed E-state index contributed by atoms with van der Waals surface area (Å²) in [6.45, 7) is 2.87. The fourth-order valence-electron chi connectivity index (χ4n) is 4.35. The van der Waals surface area contributed by atoms with E-state index in [1.165, 1.54) is 25.1 Å². The van der Waals surface area contributed by atoms with Crippen molar-refractivity contribution < 1.29 is 29.5 Å². The number of ether oxygens (including phenoxy) is 1. The molecule has 1 saturated carbocycles. The third kappa shape index (κ3) is 4.27. The minimum absolute atomic E-state index is 0.00748. The molecule has 9 nitrogen and oxygen atoms in total. The maximum absolute atomic E-state index is 13.4. The normalized spacial score (nSPS) is 14.9. The Morgan fingerprint density at radius 3 is 2.35 bits per heavy atom. The van der Waals surface area contributed by atoms with Crippen molar-refractivity contribution in [3.63, 3.8) is 0 Å². The van der Waals surface area contributed by atoms with Gasteiger partial charge in [0.15, 0.2) is 0 Å². The number of nitro groups is 1. The fraction of sp³-hybridized carbons (Fsp3) is 0.409. The molecule has 0 unspecified atom stereocenters. The van der Waals surface area contributed by atoms with Gasteiger partial charge in [-0.15, -0.1) is 0 Å². The van der Waals surface area contributed by atoms with E-state index in [0.717, 1.165) is 12.8 Å². The highest BCUT2D eigenvalue weighted by atomic mass is 16.6. The molecule has 1 aliphatic rings. The number of rotatable bonds is 7. The average Bonchev–Trinajstić information content (AvgIpc) is 3.15. The molecule has 1 aromatic heterocycles. The smallest absolute Gasteiger partial charge is 0.341 e. The van der Waals surface area contributed by atoms with E-state index in [0.29, 0.717) is 12.8 Å². The van der Waals surface area contributed by atoms with Crippen molar-refractivity contribution >= 4 is 17.6 Å². The van der Waals surface area contributed by atoms with Gasteiger partial charge in [-0.05, 0) is 45.6 Å². The number of aryl methyl sites for hydroxylation is 2. The van der Waals surface area contributed by atoms with Crippen LogP contribution in [0.2, 0.25) is 0 Å². The molecule has 2 N–H and O–H groups in total. The molecule has 1 aliphatic carbocycles. The third-order valence-corrected chi connectivity index (χ3v) is 5.74. The lowest BCUT2D eigenvalue weighted by Crippen LogP contribution is -2.34. The van der Waals surface area contributed by atoms with Crippen molar-refractivity contribution in [3.05, 3.63) is 56.9 Å². The van der Waals surface area contributed by atoms with Gasteiger partial charge in [-0.2, -0.15) is 0 Å². The van der Waals surface area contributed by atoms with Gasteiger partial charge in [0.2, 0.25) is 0 Å². The number of aliphatic hydroxyl groups is 1. The van der Waals surface area contributed by atoms with Crippen molar-refractivity contribution in [2.75, 3.05) is 6.61 Å². The Morgan fingerprint density at radius 2 is 1.77 bits per heavy atom. The molecule has 1 heterocycles. The number of aliphatic hydroxyl groups excluding tert-OH is 1. The number of hydrogen-bond donors (Lipinski definition) is 2. The van der Waals surface area contributed by atoms with Gasteiger partial charge in [-0.25, -0.2) is 9.59 Å². The molecule has 0 radical (unpaired) electrons. The lowest BCUT2D eigenvalue weighted by Gasteiger charge is -2.29. The molecule has 1 fully saturated rings. The van der Waals surface area contributed by atoms with E-state index in [4.69, 9.17) is 4.74 Å². The quantitative estimate of drug-likeness (QED) is 0.385. The summed E-state index contributed by atoms with van der Waals surface area (Å²) in [6, 6.07) is 5.67. The predicted octanol–water partition coefficient (Wildman–Crippen LogP) is 3.82. The van der Waals surface area contributed by atoms with Crippen LogP contribution in [-0.2, 0) is 4.74 Å². The largest absolute Gasteiger partial charge is 0.478 e. The van der Waals surface area contributed by atoms with Crippen molar-refractivity contribution in [2.45, 2.75) is 51.6 Å². The minimum Gasteiger partial charge on any atom is -0.478 e. The van der Waals surface area contributed by atoms with E-state index in [2.05, 4.69) is 4.98 Å². The lowest BCUT2D eigenvalue weighted by atomic mass is 9.91. The zero-order valence-electron chi connectivity index (χ0n) is 17.4. The number of carbonyl (C=O) groups is 2. The number of esters is 1. The maximum atomic E-state index is 13.4. The summed E-state index contributed by atoms with van der Waals surface area (Å²) in [6.07, 6.45) is 3.13. The summed E-state index contributed by atoms with van der Waals surface area (Å²) in [5.74, 6) is -2.14. The zero-order chi connectivity index (χ0) is 22.8. The maximum Gasteiger partial charge on any atom is 0.341 e. The minimum atomic E-state index is -1.35. The number of carboxylic acids is 1. The second kappa shape index (κ2) is 8.81. The highest BCUT2D eigenvalue weighted by Crippen LogP contribution is 2.40. The summed E-state index contributed by atoms with van der Waals surface area (Å²) in [4.78, 5) is 40.7. The number of nitrogens with zero attached hydrogens (tertiary/aromatic N) is 2. The van der Waals surface area contributed by atoms with Gasteiger partial charge >= 0.3 is 11.9 Å². The Bertz CT molecular complexity index is 1040. The van der Waals surface area contributed by atoms with Gasteiger partial charge in [-0.3, -0.25) is 15.1 Å². The molecule has 0 amide bonds. The first-order valence-corrected chi connectivity index (χ1v) is 10.0. The summed E-state index contributed by atoms with van der Waals surface area (Å²) in [5, 5.41) is 31.0. The monoisotopic (exact) mass is 428 g/mol. The van der Waals surface area contributed by atoms with Crippen LogP contribution >= 0.6 is 0 Å². The summed E-state index contributed by atoms with van der Waals surface area (Å²) in [5.41, 5.74) is -1.27. The van der Waals surface area contributed by atoms with Crippen molar-refractivity contribution in [3.8, 4) is 11.1 Å². The molecule has 1 aromatic carbocycles. The van der Waals surface area contributed by atoms with E-state index < -0.39 is 22.5 Å². The average molecular weight is 428 g/mol. The summed E-state index contributed by atoms with van der Waals surface area (Å²) in [7, 11) is 0. The van der Waals surface area contributed by atoms with Crippen LogP contribution in [0.5, 0.6) is 0 Å². The topological polar surface area (TPSA) is 140 Å². The molecule has 9 heteroatoms. The molecular formula is C22H24N2O7. The first-order chi connectivity index (χ1) is 14.7. The van der Waals surface area contributed by atoms with E-state index in [9.17, 15) is 29.9 Å². The Balaban J connectivity index is 2.26. The highest BCUT2D eigenvalue weighted by Gasteiger charge is 2.39. The molecule has 0 bridgehead atoms. The molecular weight excluding hydrogens is 404 g/mol. The van der Waals surface area contributed by atoms with Crippen LogP contribution in [0.3, 0.4) is 0 Å². The van der Waals surface area contributed by atoms with Gasteiger partial charge in [0.05, 0.1) is 33.0 Å². The van der Waals surface area contributed by atoms with Crippen molar-refractivity contribution in [1.29, 1.82) is 0 Å². The standard InChI is InChI=1S/C22H24N2O7/c1-13-17(20(26)27)19(15-7-3-4-8-16(15)24(29)30)18(14(2)23-13)21(28)31-22(11-12-25)9-5-6-10-22/h3-4,7-8,25H,5-6,9-12H2,1-2H3,(H,26,27). The SMILES string of the molecule is Cc1nc(C)c(C(=O)OC2(CCO)CCCC2)c(-c2ccccc2[N+](=O)[O-])c1C(=O)O. The zero-order valence-corrected chi connectivity index (χ0v) is 17.4. The van der Waals surface area contributed by atoms with Gasteiger partial charge in [-0.1, -0.05) is 12.1 Å². The van der Waals surface area contributed by atoms with Crippen molar-refractivity contribution in [1.82, 2.24) is 4.98 Å². The fourth-order valence-corrected chi connectivity index (χ4v) is 4.35. The number of para-hydroxylation sites is 1. The number of carbonyl (C=O) groups excluding carboxylic acids is 1. The van der Waals surface area contributed by atoms with Crippen LogP contribution in [0.25, 0.3) is 11.1 Å². The van der Waals surface area contributed by atoms with Crippen LogP contribution in [0.1, 0.15) is 64.2 Å². The molecule has 0 spiro atoms. The second-order valence-electron chi connectivity index (χ2n) is 7.74. The van der Waals surface area contributed by atoms with E-state index in [1.54, 1.807) is 13.0 Å². The van der Waals surface area contributed by atoms with Gasteiger partial charge in [0.25, 0.3) is 5.69 Å². The van der Waals surface area contributed by atoms with Gasteiger partial charge < -0.3 is 14.9 Å². The molecule has 2 aromatic rings. The molecule has 3 rings (SSSR count). The lowest BCUT2D eigenvalue weighted by molar-refractivity contribution is -0.384. The molecule has 164 valence electrons. The molecule has 0 saturated heterocycles. The van der Waals surface area contributed by atoms with Crippen LogP contribution in [0, 0.1) is 24.0 Å².